The number of fused-ring (bicyclic) bond motifs is 1. The Hall–Kier alpha value is -2.11. The molecule has 1 saturated heterocycles. The number of aliphatic hydroxyl groups is 1. The molecule has 2 aliphatic heterocycles. The molecule has 0 spiro atoms. The SMILES string of the molecule is CC1(C)Cc2nc(C3CCOCC3)c(C(O)c3ccc(C(F)(F)F)nc3)c(C3=CCOCC3)c2C(O[Si](C)(C)C(C)(C)C)C1. The zero-order chi connectivity index (χ0) is 32.1. The van der Waals surface area contributed by atoms with Crippen molar-refractivity contribution in [1.82, 2.24) is 9.97 Å². The summed E-state index contributed by atoms with van der Waals surface area (Å²) in [5, 5.41) is 12.2. The highest BCUT2D eigenvalue weighted by Gasteiger charge is 2.45. The largest absolute Gasteiger partial charge is 0.433 e. The molecule has 2 aromatic rings. The summed E-state index contributed by atoms with van der Waals surface area (Å²) < 4.78 is 58.8. The lowest BCUT2D eigenvalue weighted by Crippen LogP contribution is -2.44. The number of hydrogen-bond acceptors (Lipinski definition) is 6. The van der Waals surface area contributed by atoms with Crippen LogP contribution in [0.3, 0.4) is 0 Å². The second-order valence-electron chi connectivity index (χ2n) is 14.9. The lowest BCUT2D eigenvalue weighted by molar-refractivity contribution is -0.141. The molecular formula is C34H47F3N2O4Si. The van der Waals surface area contributed by atoms with Crippen LogP contribution in [0.4, 0.5) is 13.2 Å². The van der Waals surface area contributed by atoms with Crippen LogP contribution in [0, 0.1) is 5.41 Å². The van der Waals surface area contributed by atoms with E-state index < -0.39 is 26.3 Å². The fraction of sp³-hybridized carbons (Fsp3) is 0.647. The Labute approximate surface area is 260 Å². The van der Waals surface area contributed by atoms with Crippen molar-refractivity contribution in [3.63, 3.8) is 0 Å². The third kappa shape index (κ3) is 6.84. The van der Waals surface area contributed by atoms with Gasteiger partial charge in [-0.05, 0) is 72.9 Å². The average molecular weight is 633 g/mol. The summed E-state index contributed by atoms with van der Waals surface area (Å²) in [6, 6.07) is 2.28. The fourth-order valence-corrected chi connectivity index (χ4v) is 7.75. The van der Waals surface area contributed by atoms with E-state index in [1.165, 1.54) is 6.07 Å². The molecule has 0 bridgehead atoms. The minimum absolute atomic E-state index is 0.0173. The Bertz CT molecular complexity index is 1380. The number of rotatable bonds is 6. The molecule has 2 aromatic heterocycles. The van der Waals surface area contributed by atoms with Crippen molar-refractivity contribution in [2.75, 3.05) is 26.4 Å². The normalized spacial score (nSPS) is 22.3. The monoisotopic (exact) mass is 632 g/mol. The second-order valence-corrected chi connectivity index (χ2v) is 19.6. The van der Waals surface area contributed by atoms with E-state index in [-0.39, 0.29) is 22.5 Å². The molecule has 1 fully saturated rings. The molecular weight excluding hydrogens is 585 g/mol. The Balaban J connectivity index is 1.78. The number of hydrogen-bond donors (Lipinski definition) is 1. The maximum Gasteiger partial charge on any atom is 0.433 e. The molecule has 0 saturated carbocycles. The van der Waals surface area contributed by atoms with E-state index in [0.717, 1.165) is 66.0 Å². The van der Waals surface area contributed by atoms with Gasteiger partial charge in [-0.3, -0.25) is 9.97 Å². The molecule has 1 N–H and O–H groups in total. The highest BCUT2D eigenvalue weighted by atomic mass is 28.4. The molecule has 2 unspecified atom stereocenters. The molecule has 0 radical (unpaired) electrons. The highest BCUT2D eigenvalue weighted by molar-refractivity contribution is 6.74. The zero-order valence-electron chi connectivity index (χ0n) is 27.1. The number of pyridine rings is 2. The van der Waals surface area contributed by atoms with Crippen LogP contribution in [0.25, 0.3) is 5.57 Å². The standard InChI is InChI=1S/C34H47F3N2O4Si/c1-32(2,3)44(6,7)43-25-19-33(4,5)18-24-28(25)27(21-10-14-41-15-11-21)29(30(39-24)22-12-16-42-17-13-22)31(40)23-8-9-26(38-20-23)34(35,36)37/h8-10,20,22,25,31,40H,11-19H2,1-7H3. The first kappa shape index (κ1) is 33.3. The van der Waals surface area contributed by atoms with E-state index in [4.69, 9.17) is 18.9 Å². The number of halogens is 3. The van der Waals surface area contributed by atoms with Gasteiger partial charge in [0.2, 0.25) is 0 Å². The van der Waals surface area contributed by atoms with Crippen LogP contribution < -0.4 is 0 Å². The minimum Gasteiger partial charge on any atom is -0.410 e. The van der Waals surface area contributed by atoms with Gasteiger partial charge in [0.15, 0.2) is 8.32 Å². The maximum atomic E-state index is 13.4. The van der Waals surface area contributed by atoms with Gasteiger partial charge in [0.05, 0.1) is 25.0 Å². The van der Waals surface area contributed by atoms with Gasteiger partial charge in [0.25, 0.3) is 0 Å². The van der Waals surface area contributed by atoms with E-state index in [1.54, 1.807) is 0 Å². The predicted octanol–water partition coefficient (Wildman–Crippen LogP) is 8.31. The van der Waals surface area contributed by atoms with Crippen LogP contribution in [0.1, 0.15) is 118 Å². The van der Waals surface area contributed by atoms with Gasteiger partial charge in [-0.2, -0.15) is 13.2 Å². The molecule has 4 heterocycles. The second kappa shape index (κ2) is 12.2. The Morgan fingerprint density at radius 3 is 2.34 bits per heavy atom. The van der Waals surface area contributed by atoms with Gasteiger partial charge in [-0.15, -0.1) is 0 Å². The molecule has 6 nitrogen and oxygen atoms in total. The molecule has 0 aromatic carbocycles. The minimum atomic E-state index is -4.57. The molecule has 0 amide bonds. The van der Waals surface area contributed by atoms with Crippen LogP contribution in [0.5, 0.6) is 0 Å². The summed E-state index contributed by atoms with van der Waals surface area (Å²) in [6.07, 6.45) is 0.950. The first-order chi connectivity index (χ1) is 20.5. The molecule has 242 valence electrons. The summed E-state index contributed by atoms with van der Waals surface area (Å²) in [6.45, 7) is 17.9. The van der Waals surface area contributed by atoms with Crippen molar-refractivity contribution < 1.29 is 32.2 Å². The summed E-state index contributed by atoms with van der Waals surface area (Å²) in [7, 11) is -2.24. The predicted molar refractivity (Wildman–Crippen MR) is 167 cm³/mol. The summed E-state index contributed by atoms with van der Waals surface area (Å²) in [5.74, 6) is 0.0464. The summed E-state index contributed by atoms with van der Waals surface area (Å²) in [5.41, 5.74) is 4.76. The zero-order valence-corrected chi connectivity index (χ0v) is 28.1. The Kier molecular flexibility index (Phi) is 9.25. The Morgan fingerprint density at radius 2 is 1.77 bits per heavy atom. The van der Waals surface area contributed by atoms with Gasteiger partial charge in [0.1, 0.15) is 11.8 Å². The van der Waals surface area contributed by atoms with Crippen LogP contribution >= 0.6 is 0 Å². The number of ether oxygens (including phenoxy) is 2. The van der Waals surface area contributed by atoms with Crippen molar-refractivity contribution in [2.24, 2.45) is 5.41 Å². The molecule has 44 heavy (non-hydrogen) atoms. The average Bonchev–Trinajstić information content (AvgIpc) is 2.95. The molecule has 3 aliphatic rings. The van der Waals surface area contributed by atoms with E-state index in [2.05, 4.69) is 58.8 Å². The maximum absolute atomic E-state index is 13.4. The van der Waals surface area contributed by atoms with Crippen LogP contribution in [-0.4, -0.2) is 49.8 Å². The van der Waals surface area contributed by atoms with Crippen molar-refractivity contribution in [3.8, 4) is 0 Å². The number of alkyl halides is 3. The topological polar surface area (TPSA) is 73.7 Å². The third-order valence-electron chi connectivity index (χ3n) is 9.89. The van der Waals surface area contributed by atoms with Crippen LogP contribution in [0.2, 0.25) is 18.1 Å². The van der Waals surface area contributed by atoms with Gasteiger partial charge < -0.3 is 19.0 Å². The first-order valence-corrected chi connectivity index (χ1v) is 18.7. The van der Waals surface area contributed by atoms with E-state index >= 15 is 0 Å². The molecule has 5 rings (SSSR count). The van der Waals surface area contributed by atoms with Gasteiger partial charge in [-0.25, -0.2) is 0 Å². The lowest BCUT2D eigenvalue weighted by Gasteiger charge is -2.45. The molecule has 1 aliphatic carbocycles. The van der Waals surface area contributed by atoms with Gasteiger partial charge >= 0.3 is 6.18 Å². The van der Waals surface area contributed by atoms with Crippen LogP contribution in [0.15, 0.2) is 24.4 Å². The smallest absolute Gasteiger partial charge is 0.410 e. The number of aliphatic hydroxyl groups excluding tert-OH is 1. The third-order valence-corrected chi connectivity index (χ3v) is 14.4. The highest BCUT2D eigenvalue weighted by Crippen LogP contribution is 2.52. The van der Waals surface area contributed by atoms with Gasteiger partial charge in [0, 0.05) is 47.7 Å². The van der Waals surface area contributed by atoms with Crippen molar-refractivity contribution in [3.05, 3.63) is 63.7 Å². The van der Waals surface area contributed by atoms with Crippen molar-refractivity contribution in [2.45, 2.75) is 109 Å². The van der Waals surface area contributed by atoms with Crippen LogP contribution in [-0.2, 0) is 26.5 Å². The Morgan fingerprint density at radius 1 is 1.07 bits per heavy atom. The first-order valence-electron chi connectivity index (χ1n) is 15.8. The van der Waals surface area contributed by atoms with E-state index in [1.807, 2.05) is 0 Å². The number of aromatic nitrogens is 2. The van der Waals surface area contributed by atoms with E-state index in [0.29, 0.717) is 44.0 Å². The molecule has 2 atom stereocenters. The molecule has 10 heteroatoms. The summed E-state index contributed by atoms with van der Waals surface area (Å²) >= 11 is 0. The quantitative estimate of drug-likeness (QED) is 0.323. The van der Waals surface area contributed by atoms with Crippen molar-refractivity contribution >= 4 is 13.9 Å². The van der Waals surface area contributed by atoms with E-state index in [9.17, 15) is 18.3 Å². The lowest BCUT2D eigenvalue weighted by atomic mass is 9.71. The summed E-state index contributed by atoms with van der Waals surface area (Å²) in [4.78, 5) is 9.09. The fourth-order valence-electron chi connectivity index (χ4n) is 6.49. The van der Waals surface area contributed by atoms with Gasteiger partial charge in [-0.1, -0.05) is 46.8 Å². The van der Waals surface area contributed by atoms with Crippen molar-refractivity contribution in [1.29, 1.82) is 0 Å². The number of nitrogens with zero attached hydrogens (tertiary/aromatic N) is 2.